The summed E-state index contributed by atoms with van der Waals surface area (Å²) in [6, 6.07) is 5.36. The summed E-state index contributed by atoms with van der Waals surface area (Å²) in [6.07, 6.45) is 5.08. The lowest BCUT2D eigenvalue weighted by molar-refractivity contribution is -0.134. The van der Waals surface area contributed by atoms with Crippen molar-refractivity contribution in [2.24, 2.45) is 5.92 Å². The number of likely N-dealkylation sites (tertiary alicyclic amines) is 1. The molecular weight excluding hydrogens is 337 g/mol. The van der Waals surface area contributed by atoms with E-state index in [9.17, 15) is 4.79 Å². The zero-order chi connectivity index (χ0) is 16.2. The van der Waals surface area contributed by atoms with Crippen LogP contribution in [0.3, 0.4) is 0 Å². The molecular formula is C17H19Cl2NO3. The summed E-state index contributed by atoms with van der Waals surface area (Å²) in [5, 5.41) is 0.942. The van der Waals surface area contributed by atoms with Crippen LogP contribution in [0, 0.1) is 5.92 Å². The summed E-state index contributed by atoms with van der Waals surface area (Å²) >= 11 is 12.1. The Hall–Kier alpha value is -1.07. The lowest BCUT2D eigenvalue weighted by Gasteiger charge is -2.34. The van der Waals surface area contributed by atoms with E-state index in [1.54, 1.807) is 18.2 Å². The van der Waals surface area contributed by atoms with Crippen molar-refractivity contribution in [2.75, 3.05) is 26.3 Å². The Labute approximate surface area is 145 Å². The molecule has 2 aliphatic heterocycles. The van der Waals surface area contributed by atoms with E-state index >= 15 is 0 Å². The fourth-order valence-electron chi connectivity index (χ4n) is 3.00. The molecule has 6 heteroatoms. The van der Waals surface area contributed by atoms with E-state index < -0.39 is 0 Å². The van der Waals surface area contributed by atoms with E-state index in [0.717, 1.165) is 24.9 Å². The molecule has 0 bridgehead atoms. The first kappa shape index (κ1) is 16.8. The van der Waals surface area contributed by atoms with Crippen LogP contribution in [0.25, 0.3) is 6.08 Å². The van der Waals surface area contributed by atoms with Crippen molar-refractivity contribution in [1.29, 1.82) is 0 Å². The molecule has 2 aliphatic rings. The summed E-state index contributed by atoms with van der Waals surface area (Å²) < 4.78 is 11.1. The highest BCUT2D eigenvalue weighted by Gasteiger charge is 2.32. The molecule has 23 heavy (non-hydrogen) atoms. The molecule has 1 aromatic rings. The van der Waals surface area contributed by atoms with Gasteiger partial charge in [-0.15, -0.1) is 0 Å². The van der Waals surface area contributed by atoms with Gasteiger partial charge in [-0.2, -0.15) is 0 Å². The first-order chi connectivity index (χ1) is 11.1. The van der Waals surface area contributed by atoms with E-state index in [0.29, 0.717) is 29.8 Å². The number of carbonyl (C=O) groups is 1. The van der Waals surface area contributed by atoms with Crippen LogP contribution in [0.2, 0.25) is 10.0 Å². The molecule has 1 unspecified atom stereocenters. The van der Waals surface area contributed by atoms with Gasteiger partial charge in [0.15, 0.2) is 6.29 Å². The minimum Gasteiger partial charge on any atom is -0.350 e. The van der Waals surface area contributed by atoms with Crippen LogP contribution in [-0.2, 0) is 14.3 Å². The van der Waals surface area contributed by atoms with Crippen molar-refractivity contribution in [3.8, 4) is 0 Å². The predicted molar refractivity (Wildman–Crippen MR) is 90.5 cm³/mol. The Bertz CT molecular complexity index is 600. The van der Waals surface area contributed by atoms with Gasteiger partial charge in [0, 0.05) is 25.1 Å². The van der Waals surface area contributed by atoms with Crippen molar-refractivity contribution in [3.05, 3.63) is 39.9 Å². The quantitative estimate of drug-likeness (QED) is 0.777. The van der Waals surface area contributed by atoms with E-state index in [4.69, 9.17) is 32.7 Å². The number of hydrogen-bond donors (Lipinski definition) is 0. The average Bonchev–Trinajstić information content (AvgIpc) is 3.10. The average molecular weight is 356 g/mol. The molecule has 1 amide bonds. The van der Waals surface area contributed by atoms with Gasteiger partial charge in [-0.3, -0.25) is 4.79 Å². The highest BCUT2D eigenvalue weighted by Crippen LogP contribution is 2.27. The second-order valence-electron chi connectivity index (χ2n) is 5.77. The molecule has 3 rings (SSSR count). The van der Waals surface area contributed by atoms with Gasteiger partial charge in [-0.25, -0.2) is 0 Å². The van der Waals surface area contributed by atoms with Gasteiger partial charge in [0.25, 0.3) is 0 Å². The third-order valence-corrected chi connectivity index (χ3v) is 5.02. The van der Waals surface area contributed by atoms with Crippen molar-refractivity contribution in [3.63, 3.8) is 0 Å². The van der Waals surface area contributed by atoms with Gasteiger partial charge >= 0.3 is 0 Å². The molecule has 0 aromatic heterocycles. The van der Waals surface area contributed by atoms with E-state index in [1.165, 1.54) is 0 Å². The number of ether oxygens (including phenoxy) is 2. The Morgan fingerprint density at radius 3 is 2.83 bits per heavy atom. The molecule has 0 spiro atoms. The lowest BCUT2D eigenvalue weighted by atomic mass is 9.97. The Morgan fingerprint density at radius 1 is 1.26 bits per heavy atom. The minimum atomic E-state index is -0.169. The SMILES string of the molecule is O=C(/C=C/c1cccc(Cl)c1Cl)N1CCCC(C2OCCO2)C1. The molecule has 2 fully saturated rings. The second-order valence-corrected chi connectivity index (χ2v) is 6.56. The van der Waals surface area contributed by atoms with Gasteiger partial charge in [0.1, 0.15) is 0 Å². The van der Waals surface area contributed by atoms with Gasteiger partial charge in [-0.1, -0.05) is 35.3 Å². The molecule has 1 aromatic carbocycles. The predicted octanol–water partition coefficient (Wildman–Crippen LogP) is 3.62. The zero-order valence-electron chi connectivity index (χ0n) is 12.7. The van der Waals surface area contributed by atoms with Gasteiger partial charge in [0.05, 0.1) is 23.3 Å². The molecule has 1 atom stereocenters. The molecule has 0 radical (unpaired) electrons. The number of piperidine rings is 1. The van der Waals surface area contributed by atoms with Crippen molar-refractivity contribution in [1.82, 2.24) is 4.90 Å². The summed E-state index contributed by atoms with van der Waals surface area (Å²) in [6.45, 7) is 2.71. The summed E-state index contributed by atoms with van der Waals surface area (Å²) in [5.41, 5.74) is 0.739. The lowest BCUT2D eigenvalue weighted by Crippen LogP contribution is -2.43. The molecule has 124 valence electrons. The molecule has 2 saturated heterocycles. The van der Waals surface area contributed by atoms with Crippen LogP contribution in [-0.4, -0.2) is 43.4 Å². The van der Waals surface area contributed by atoms with Gasteiger partial charge in [0.2, 0.25) is 5.91 Å². The zero-order valence-corrected chi connectivity index (χ0v) is 14.2. The fourth-order valence-corrected chi connectivity index (χ4v) is 3.37. The van der Waals surface area contributed by atoms with Crippen LogP contribution in [0.4, 0.5) is 0 Å². The maximum Gasteiger partial charge on any atom is 0.246 e. The number of hydrogen-bond acceptors (Lipinski definition) is 3. The summed E-state index contributed by atoms with van der Waals surface area (Å²) in [4.78, 5) is 14.3. The first-order valence-electron chi connectivity index (χ1n) is 7.79. The topological polar surface area (TPSA) is 38.8 Å². The maximum atomic E-state index is 12.4. The number of nitrogens with zero attached hydrogens (tertiary/aromatic N) is 1. The molecule has 0 aliphatic carbocycles. The number of amides is 1. The molecule has 4 nitrogen and oxygen atoms in total. The third kappa shape index (κ3) is 4.07. The van der Waals surface area contributed by atoms with Crippen LogP contribution in [0.15, 0.2) is 24.3 Å². The monoisotopic (exact) mass is 355 g/mol. The standard InChI is InChI=1S/C17H19Cl2NO3/c18-14-5-1-3-12(16(14)19)6-7-15(21)20-8-2-4-13(11-20)17-22-9-10-23-17/h1,3,5-7,13,17H,2,4,8-11H2/b7-6+. The number of carbonyl (C=O) groups excluding carboxylic acids is 1. The number of rotatable bonds is 3. The highest BCUT2D eigenvalue weighted by molar-refractivity contribution is 6.42. The minimum absolute atomic E-state index is 0.0243. The number of benzene rings is 1. The fraction of sp³-hybridized carbons (Fsp3) is 0.471. The number of halogens is 2. The smallest absolute Gasteiger partial charge is 0.246 e. The maximum absolute atomic E-state index is 12.4. The van der Waals surface area contributed by atoms with Crippen molar-refractivity contribution < 1.29 is 14.3 Å². The largest absolute Gasteiger partial charge is 0.350 e. The molecule has 2 heterocycles. The van der Waals surface area contributed by atoms with Crippen LogP contribution >= 0.6 is 23.2 Å². The van der Waals surface area contributed by atoms with Crippen molar-refractivity contribution in [2.45, 2.75) is 19.1 Å². The van der Waals surface area contributed by atoms with Crippen LogP contribution in [0.1, 0.15) is 18.4 Å². The van der Waals surface area contributed by atoms with Crippen LogP contribution in [0.5, 0.6) is 0 Å². The van der Waals surface area contributed by atoms with E-state index in [-0.39, 0.29) is 18.1 Å². The second kappa shape index (κ2) is 7.67. The Balaban J connectivity index is 1.63. The highest BCUT2D eigenvalue weighted by atomic mass is 35.5. The molecule has 0 N–H and O–H groups in total. The normalized spacial score (nSPS) is 22.9. The van der Waals surface area contributed by atoms with E-state index in [2.05, 4.69) is 0 Å². The van der Waals surface area contributed by atoms with Crippen molar-refractivity contribution >= 4 is 35.2 Å². The Morgan fingerprint density at radius 2 is 2.04 bits per heavy atom. The summed E-state index contributed by atoms with van der Waals surface area (Å²) in [7, 11) is 0. The summed E-state index contributed by atoms with van der Waals surface area (Å²) in [5.74, 6) is 0.224. The Kier molecular flexibility index (Phi) is 5.59. The third-order valence-electron chi connectivity index (χ3n) is 4.19. The van der Waals surface area contributed by atoms with Gasteiger partial charge < -0.3 is 14.4 Å². The van der Waals surface area contributed by atoms with Crippen LogP contribution < -0.4 is 0 Å². The molecule has 0 saturated carbocycles. The first-order valence-corrected chi connectivity index (χ1v) is 8.55. The van der Waals surface area contributed by atoms with E-state index in [1.807, 2.05) is 17.0 Å². The van der Waals surface area contributed by atoms with Gasteiger partial charge in [-0.05, 0) is 30.5 Å².